The Balaban J connectivity index is 2.38. The lowest BCUT2D eigenvalue weighted by Crippen LogP contribution is -2.02. The van der Waals surface area contributed by atoms with E-state index in [9.17, 15) is 9.59 Å². The van der Waals surface area contributed by atoms with E-state index in [0.29, 0.717) is 30.6 Å². The number of hydrogen-bond donors (Lipinski definition) is 1. The fourth-order valence-electron chi connectivity index (χ4n) is 1.75. The van der Waals surface area contributed by atoms with Gasteiger partial charge in [-0.15, -0.1) is 0 Å². The smallest absolute Gasteiger partial charge is 0.303 e. The molecule has 98 valence electrons. The first kappa shape index (κ1) is 14.2. The van der Waals surface area contributed by atoms with Gasteiger partial charge in [0.15, 0.2) is 5.78 Å². The number of rotatable bonds is 8. The van der Waals surface area contributed by atoms with Crippen LogP contribution in [-0.4, -0.2) is 24.0 Å². The van der Waals surface area contributed by atoms with Crippen LogP contribution in [-0.2, 0) is 4.79 Å². The number of ether oxygens (including phenoxy) is 1. The van der Waals surface area contributed by atoms with Crippen LogP contribution in [0.3, 0.4) is 0 Å². The van der Waals surface area contributed by atoms with Gasteiger partial charge in [0.2, 0.25) is 0 Å². The molecule has 0 amide bonds. The van der Waals surface area contributed by atoms with E-state index in [1.54, 1.807) is 25.3 Å². The van der Waals surface area contributed by atoms with Crippen molar-refractivity contribution in [2.24, 2.45) is 0 Å². The first-order valence-corrected chi connectivity index (χ1v) is 6.03. The molecule has 0 heterocycles. The first-order valence-electron chi connectivity index (χ1n) is 6.03. The summed E-state index contributed by atoms with van der Waals surface area (Å²) in [5.41, 5.74) is 0.596. The Morgan fingerprint density at radius 1 is 1.11 bits per heavy atom. The lowest BCUT2D eigenvalue weighted by atomic mass is 10.0. The Hall–Kier alpha value is -1.84. The highest BCUT2D eigenvalue weighted by atomic mass is 16.5. The molecule has 0 unspecified atom stereocenters. The molecule has 1 aromatic rings. The lowest BCUT2D eigenvalue weighted by molar-refractivity contribution is -0.137. The topological polar surface area (TPSA) is 63.6 Å². The number of unbranched alkanes of at least 4 members (excludes halogenated alkanes) is 2. The van der Waals surface area contributed by atoms with Crippen molar-refractivity contribution in [3.8, 4) is 5.75 Å². The van der Waals surface area contributed by atoms with Gasteiger partial charge < -0.3 is 9.84 Å². The zero-order chi connectivity index (χ0) is 13.4. The Bertz CT molecular complexity index is 412. The summed E-state index contributed by atoms with van der Waals surface area (Å²) < 4.78 is 5.13. The number of para-hydroxylation sites is 1. The third-order valence-corrected chi connectivity index (χ3v) is 2.70. The fourth-order valence-corrected chi connectivity index (χ4v) is 1.75. The maximum Gasteiger partial charge on any atom is 0.303 e. The fraction of sp³-hybridized carbons (Fsp3) is 0.429. The van der Waals surface area contributed by atoms with Crippen molar-refractivity contribution in [2.75, 3.05) is 7.11 Å². The van der Waals surface area contributed by atoms with Crippen molar-refractivity contribution in [1.82, 2.24) is 0 Å². The second-order valence-corrected chi connectivity index (χ2v) is 4.08. The SMILES string of the molecule is COc1ccccc1C(=O)CCCCCC(=O)O. The molecule has 18 heavy (non-hydrogen) atoms. The molecule has 1 rings (SSSR count). The number of carbonyl (C=O) groups excluding carboxylic acids is 1. The van der Waals surface area contributed by atoms with E-state index in [-0.39, 0.29) is 12.2 Å². The minimum Gasteiger partial charge on any atom is -0.496 e. The number of ketones is 1. The third kappa shape index (κ3) is 4.57. The molecule has 4 nitrogen and oxygen atoms in total. The number of Topliss-reactive ketones (excluding diaryl/α,β-unsaturated/α-hetero) is 1. The van der Waals surface area contributed by atoms with Crippen LogP contribution in [0.4, 0.5) is 0 Å². The summed E-state index contributed by atoms with van der Waals surface area (Å²) in [6.45, 7) is 0. The number of carboxylic acids is 1. The molecule has 0 fully saturated rings. The van der Waals surface area contributed by atoms with E-state index >= 15 is 0 Å². The van der Waals surface area contributed by atoms with E-state index < -0.39 is 5.97 Å². The van der Waals surface area contributed by atoms with Crippen LogP contribution in [0, 0.1) is 0 Å². The lowest BCUT2D eigenvalue weighted by Gasteiger charge is -2.06. The molecule has 0 aliphatic rings. The van der Waals surface area contributed by atoms with Crippen LogP contribution in [0.1, 0.15) is 42.5 Å². The van der Waals surface area contributed by atoms with Crippen molar-refractivity contribution in [2.45, 2.75) is 32.1 Å². The van der Waals surface area contributed by atoms with E-state index in [4.69, 9.17) is 9.84 Å². The summed E-state index contributed by atoms with van der Waals surface area (Å²) in [4.78, 5) is 22.2. The summed E-state index contributed by atoms with van der Waals surface area (Å²) in [7, 11) is 1.54. The van der Waals surface area contributed by atoms with E-state index in [2.05, 4.69) is 0 Å². The van der Waals surface area contributed by atoms with Gasteiger partial charge in [0.25, 0.3) is 0 Å². The van der Waals surface area contributed by atoms with Gasteiger partial charge in [0, 0.05) is 12.8 Å². The predicted molar refractivity (Wildman–Crippen MR) is 68.0 cm³/mol. The Morgan fingerprint density at radius 3 is 2.44 bits per heavy atom. The number of benzene rings is 1. The standard InChI is InChI=1S/C14H18O4/c1-18-13-9-6-5-7-11(13)12(15)8-3-2-4-10-14(16)17/h5-7,9H,2-4,8,10H2,1H3,(H,16,17). The Morgan fingerprint density at radius 2 is 1.78 bits per heavy atom. The highest BCUT2D eigenvalue weighted by Crippen LogP contribution is 2.20. The normalized spacial score (nSPS) is 10.1. The second-order valence-electron chi connectivity index (χ2n) is 4.08. The summed E-state index contributed by atoms with van der Waals surface area (Å²) >= 11 is 0. The number of hydrogen-bond acceptors (Lipinski definition) is 3. The van der Waals surface area contributed by atoms with E-state index in [0.717, 1.165) is 6.42 Å². The zero-order valence-corrected chi connectivity index (χ0v) is 10.5. The summed E-state index contributed by atoms with van der Waals surface area (Å²) in [5.74, 6) is -0.151. The molecule has 0 radical (unpaired) electrons. The third-order valence-electron chi connectivity index (χ3n) is 2.70. The molecular formula is C14H18O4. The highest BCUT2D eigenvalue weighted by molar-refractivity contribution is 5.98. The van der Waals surface area contributed by atoms with Crippen LogP contribution < -0.4 is 4.74 Å². The van der Waals surface area contributed by atoms with E-state index in [1.165, 1.54) is 0 Å². The van der Waals surface area contributed by atoms with Gasteiger partial charge in [-0.05, 0) is 25.0 Å². The van der Waals surface area contributed by atoms with Crippen molar-refractivity contribution < 1.29 is 19.4 Å². The summed E-state index contributed by atoms with van der Waals surface area (Å²) in [6, 6.07) is 7.14. The molecule has 0 spiro atoms. The second kappa shape index (κ2) is 7.48. The molecule has 1 N–H and O–H groups in total. The van der Waals surface area contributed by atoms with E-state index in [1.807, 2.05) is 6.07 Å². The maximum atomic E-state index is 11.9. The first-order chi connectivity index (χ1) is 8.65. The maximum absolute atomic E-state index is 11.9. The zero-order valence-electron chi connectivity index (χ0n) is 10.5. The average molecular weight is 250 g/mol. The van der Waals surface area contributed by atoms with Gasteiger partial charge >= 0.3 is 5.97 Å². The predicted octanol–water partition coefficient (Wildman–Crippen LogP) is 2.91. The van der Waals surface area contributed by atoms with Crippen LogP contribution in [0.2, 0.25) is 0 Å². The van der Waals surface area contributed by atoms with Crippen molar-refractivity contribution in [1.29, 1.82) is 0 Å². The number of carboxylic acid groups (broad SMARTS) is 1. The number of methoxy groups -OCH3 is 1. The Labute approximate surface area is 107 Å². The Kier molecular flexibility index (Phi) is 5.91. The monoisotopic (exact) mass is 250 g/mol. The van der Waals surface area contributed by atoms with Gasteiger partial charge in [-0.3, -0.25) is 9.59 Å². The molecule has 0 bridgehead atoms. The minimum absolute atomic E-state index is 0.0442. The van der Waals surface area contributed by atoms with Crippen molar-refractivity contribution in [3.05, 3.63) is 29.8 Å². The highest BCUT2D eigenvalue weighted by Gasteiger charge is 2.10. The molecule has 0 aliphatic carbocycles. The van der Waals surface area contributed by atoms with Crippen LogP contribution in [0.5, 0.6) is 5.75 Å². The quantitative estimate of drug-likeness (QED) is 0.569. The summed E-state index contributed by atoms with van der Waals surface area (Å²) in [5, 5.41) is 8.48. The molecule has 0 atom stereocenters. The van der Waals surface area contributed by atoms with Gasteiger partial charge in [0.05, 0.1) is 12.7 Å². The van der Waals surface area contributed by atoms with Gasteiger partial charge in [-0.2, -0.15) is 0 Å². The van der Waals surface area contributed by atoms with Gasteiger partial charge in [0.1, 0.15) is 5.75 Å². The number of carbonyl (C=O) groups is 2. The summed E-state index contributed by atoms with van der Waals surface area (Å²) in [6.07, 6.45) is 2.69. The molecule has 0 aliphatic heterocycles. The van der Waals surface area contributed by atoms with Crippen LogP contribution in [0.25, 0.3) is 0 Å². The van der Waals surface area contributed by atoms with Crippen molar-refractivity contribution in [3.63, 3.8) is 0 Å². The van der Waals surface area contributed by atoms with Gasteiger partial charge in [-0.25, -0.2) is 0 Å². The molecule has 1 aromatic carbocycles. The molecule has 0 saturated heterocycles. The molecule has 0 saturated carbocycles. The molecule has 4 heteroatoms. The minimum atomic E-state index is -0.786. The van der Waals surface area contributed by atoms with Crippen LogP contribution >= 0.6 is 0 Å². The van der Waals surface area contributed by atoms with Crippen LogP contribution in [0.15, 0.2) is 24.3 Å². The van der Waals surface area contributed by atoms with Crippen molar-refractivity contribution >= 4 is 11.8 Å². The average Bonchev–Trinajstić information content (AvgIpc) is 2.37. The van der Waals surface area contributed by atoms with Gasteiger partial charge in [-0.1, -0.05) is 18.6 Å². The molecule has 0 aromatic heterocycles. The largest absolute Gasteiger partial charge is 0.496 e. The number of aliphatic carboxylic acids is 1. The molecular weight excluding hydrogens is 232 g/mol.